The van der Waals surface area contributed by atoms with Crippen molar-refractivity contribution in [1.82, 2.24) is 0 Å². The molecular formula is C9H10F5NO3S. The summed E-state index contributed by atoms with van der Waals surface area (Å²) in [5.41, 5.74) is 3.94. The van der Waals surface area contributed by atoms with Crippen LogP contribution in [0.4, 0.5) is 19.4 Å². The van der Waals surface area contributed by atoms with E-state index in [-0.39, 0.29) is 12.1 Å². The van der Waals surface area contributed by atoms with Crippen molar-refractivity contribution in [3.8, 4) is 0 Å². The van der Waals surface area contributed by atoms with Gasteiger partial charge in [0, 0.05) is 0 Å². The van der Waals surface area contributed by atoms with Crippen molar-refractivity contribution in [2.75, 3.05) is 0 Å². The second-order valence-corrected chi connectivity index (χ2v) is 6.24. The zero-order valence-electron chi connectivity index (χ0n) is 9.14. The lowest BCUT2D eigenvalue weighted by Gasteiger charge is -2.40. The van der Waals surface area contributed by atoms with E-state index in [1.54, 1.807) is 0 Å². The summed E-state index contributed by atoms with van der Waals surface area (Å²) in [4.78, 5) is 8.34. The summed E-state index contributed by atoms with van der Waals surface area (Å²) in [6, 6.07) is 1.58. The predicted molar refractivity (Wildman–Crippen MR) is 58.0 cm³/mol. The Balaban J connectivity index is 3.27. The van der Waals surface area contributed by atoms with Crippen molar-refractivity contribution in [3.63, 3.8) is 0 Å². The number of carbonyl (C=O) groups excluding carboxylic acids is 1. The van der Waals surface area contributed by atoms with Crippen LogP contribution in [0.25, 0.3) is 0 Å². The molecule has 4 N–H and O–H groups in total. The lowest BCUT2D eigenvalue weighted by Crippen LogP contribution is -2.33. The van der Waals surface area contributed by atoms with Gasteiger partial charge in [-0.1, -0.05) is 31.6 Å². The molecule has 0 aliphatic heterocycles. The molecule has 0 fully saturated rings. The summed E-state index contributed by atoms with van der Waals surface area (Å²) in [5.74, 6) is -1.40. The third-order valence-corrected chi connectivity index (χ3v) is 3.38. The number of hydrogen-bond donors (Lipinski definition) is 3. The smallest absolute Gasteiger partial charge is 0.310 e. The highest BCUT2D eigenvalue weighted by atomic mass is 32.5. The fourth-order valence-corrected chi connectivity index (χ4v) is 1.97. The second kappa shape index (κ2) is 3.81. The van der Waals surface area contributed by atoms with Crippen LogP contribution in [-0.4, -0.2) is 22.2 Å². The quantitative estimate of drug-likeness (QED) is 0.746. The van der Waals surface area contributed by atoms with Gasteiger partial charge in [0.15, 0.2) is 6.10 Å². The van der Waals surface area contributed by atoms with Gasteiger partial charge < -0.3 is 15.9 Å². The average Bonchev–Trinajstić information content (AvgIpc) is 2.24. The van der Waals surface area contributed by atoms with E-state index in [2.05, 4.69) is 5.73 Å². The van der Waals surface area contributed by atoms with Gasteiger partial charge in [-0.2, -0.15) is 0 Å². The Morgan fingerprint density at radius 1 is 1.16 bits per heavy atom. The number of nitrogens with two attached hydrogens (primary N) is 1. The Morgan fingerprint density at radius 2 is 1.68 bits per heavy atom. The summed E-state index contributed by atoms with van der Waals surface area (Å²) < 4.78 is 62.6. The predicted octanol–water partition coefficient (Wildman–Crippen LogP) is 2.22. The molecule has 0 aliphatic rings. The van der Waals surface area contributed by atoms with Crippen LogP contribution in [0.5, 0.6) is 0 Å². The highest BCUT2D eigenvalue weighted by molar-refractivity contribution is 8.45. The van der Waals surface area contributed by atoms with Gasteiger partial charge in [0.05, 0.1) is 0 Å². The third kappa shape index (κ3) is 3.78. The molecule has 0 saturated heterocycles. The first-order valence-electron chi connectivity index (χ1n) is 4.72. The summed E-state index contributed by atoms with van der Waals surface area (Å²) in [7, 11) is -9.89. The van der Waals surface area contributed by atoms with Gasteiger partial charge in [-0.05, 0) is 17.7 Å². The number of rotatable bonds is 4. The van der Waals surface area contributed by atoms with Crippen LogP contribution in [0.3, 0.4) is 0 Å². The summed E-state index contributed by atoms with van der Waals surface area (Å²) in [6.07, 6.45) is -4.33. The normalized spacial score (nSPS) is 19.1. The average molecular weight is 307 g/mol. The minimum Gasteiger partial charge on any atom is -0.385 e. The molecule has 10 heteroatoms. The minimum absolute atomic E-state index is 0.0294. The van der Waals surface area contributed by atoms with Crippen LogP contribution in [0, 0.1) is 0 Å². The molecule has 1 aromatic rings. The molecule has 2 unspecified atom stereocenters. The Kier molecular flexibility index (Phi) is 3.14. The number of aliphatic hydroxyl groups excluding tert-OH is 2. The van der Waals surface area contributed by atoms with Gasteiger partial charge in [0.25, 0.3) is 0 Å². The minimum atomic E-state index is -9.89. The first kappa shape index (κ1) is 15.7. The molecular weight excluding hydrogens is 297 g/mol. The van der Waals surface area contributed by atoms with Gasteiger partial charge in [0.2, 0.25) is 5.91 Å². The molecule has 0 saturated carbocycles. The number of amides is 1. The highest BCUT2D eigenvalue weighted by Gasteiger charge is 2.65. The van der Waals surface area contributed by atoms with Crippen LogP contribution in [0.2, 0.25) is 0 Å². The fraction of sp³-hybridized carbons (Fsp3) is 0.222. The Bertz CT molecular complexity index is 518. The maximum Gasteiger partial charge on any atom is 0.310 e. The van der Waals surface area contributed by atoms with Crippen molar-refractivity contribution < 1.29 is 34.4 Å². The van der Waals surface area contributed by atoms with Gasteiger partial charge >= 0.3 is 10.2 Å². The maximum atomic E-state index is 12.5. The number of halogens is 5. The van der Waals surface area contributed by atoms with E-state index in [4.69, 9.17) is 5.11 Å². The first-order chi connectivity index (χ1) is 8.22. The van der Waals surface area contributed by atoms with Gasteiger partial charge in [-0.15, -0.1) is 0 Å². The molecule has 1 amide bonds. The summed E-state index contributed by atoms with van der Waals surface area (Å²) in [6.45, 7) is 0. The van der Waals surface area contributed by atoms with Crippen molar-refractivity contribution >= 4 is 16.1 Å². The monoisotopic (exact) mass is 307 g/mol. The van der Waals surface area contributed by atoms with Crippen molar-refractivity contribution in [3.05, 3.63) is 29.8 Å². The standard InChI is InChI=1S/C9H10F5NO3S/c10-19(11,12,13,14)6-3-1-2-5(4-6)7(16)8(17)9(15)18/h1-4,7-8,16-17H,(H2,15,18). The molecule has 2 atom stereocenters. The molecule has 0 spiro atoms. The summed E-state index contributed by atoms with van der Waals surface area (Å²) in [5, 5.41) is 18.5. The zero-order valence-corrected chi connectivity index (χ0v) is 9.96. The Labute approximate surface area is 104 Å². The number of aliphatic hydroxyl groups is 2. The van der Waals surface area contributed by atoms with E-state index in [1.165, 1.54) is 0 Å². The van der Waals surface area contributed by atoms with E-state index >= 15 is 0 Å². The topological polar surface area (TPSA) is 83.6 Å². The van der Waals surface area contributed by atoms with Crippen LogP contribution in [0.1, 0.15) is 11.7 Å². The second-order valence-electron chi connectivity index (χ2n) is 3.83. The van der Waals surface area contributed by atoms with E-state index in [1.807, 2.05) is 0 Å². The number of primary amides is 1. The molecule has 4 nitrogen and oxygen atoms in total. The summed E-state index contributed by atoms with van der Waals surface area (Å²) >= 11 is 0. The molecule has 1 rings (SSSR count). The third-order valence-electron chi connectivity index (χ3n) is 2.24. The van der Waals surface area contributed by atoms with Crippen molar-refractivity contribution in [2.45, 2.75) is 17.1 Å². The molecule has 110 valence electrons. The Hall–Kier alpha value is -1.39. The van der Waals surface area contributed by atoms with Crippen molar-refractivity contribution in [2.24, 2.45) is 5.73 Å². The van der Waals surface area contributed by atoms with Crippen LogP contribution >= 0.6 is 10.2 Å². The van der Waals surface area contributed by atoms with Crippen LogP contribution in [-0.2, 0) is 4.79 Å². The molecule has 1 aromatic carbocycles. The van der Waals surface area contributed by atoms with Crippen molar-refractivity contribution in [1.29, 1.82) is 0 Å². The largest absolute Gasteiger partial charge is 0.385 e. The van der Waals surface area contributed by atoms with Gasteiger partial charge in [-0.25, -0.2) is 0 Å². The fourth-order valence-electron chi connectivity index (χ4n) is 1.28. The van der Waals surface area contributed by atoms with E-state index in [0.29, 0.717) is 6.07 Å². The molecule has 0 radical (unpaired) electrons. The maximum absolute atomic E-state index is 12.5. The van der Waals surface area contributed by atoms with E-state index < -0.39 is 38.8 Å². The number of benzene rings is 1. The van der Waals surface area contributed by atoms with Crippen LogP contribution < -0.4 is 5.73 Å². The molecule has 0 heterocycles. The lowest BCUT2D eigenvalue weighted by molar-refractivity contribution is -0.131. The van der Waals surface area contributed by atoms with Gasteiger partial charge in [0.1, 0.15) is 11.0 Å². The highest BCUT2D eigenvalue weighted by Crippen LogP contribution is 3.02. The molecule has 0 bridgehead atoms. The lowest BCUT2D eigenvalue weighted by atomic mass is 10.0. The number of carbonyl (C=O) groups is 1. The zero-order chi connectivity index (χ0) is 15.1. The number of hydrogen-bond acceptors (Lipinski definition) is 3. The Morgan fingerprint density at radius 3 is 2.11 bits per heavy atom. The van der Waals surface area contributed by atoms with Crippen LogP contribution in [0.15, 0.2) is 29.2 Å². The van der Waals surface area contributed by atoms with Gasteiger partial charge in [-0.3, -0.25) is 4.79 Å². The molecule has 0 aromatic heterocycles. The molecule has 19 heavy (non-hydrogen) atoms. The van der Waals surface area contributed by atoms with E-state index in [9.17, 15) is 29.3 Å². The molecule has 0 aliphatic carbocycles. The van der Waals surface area contributed by atoms with E-state index in [0.717, 1.165) is 6.07 Å². The first-order valence-corrected chi connectivity index (χ1v) is 6.67. The SMILES string of the molecule is NC(=O)C(O)C(O)c1cccc(S(F)(F)(F)(F)F)c1.